The number of amides is 1. The van der Waals surface area contributed by atoms with Crippen molar-refractivity contribution < 1.29 is 32.3 Å². The molecule has 9 heteroatoms. The van der Waals surface area contributed by atoms with E-state index in [4.69, 9.17) is 9.15 Å². The Labute approximate surface area is 188 Å². The predicted octanol–water partition coefficient (Wildman–Crippen LogP) is 4.72. The Morgan fingerprint density at radius 1 is 1.12 bits per heavy atom. The first kappa shape index (κ1) is 22.2. The summed E-state index contributed by atoms with van der Waals surface area (Å²) in [5.74, 6) is -1.34. The molecule has 0 bridgehead atoms. The number of carbonyl (C=O) groups is 2. The first-order valence-electron chi connectivity index (χ1n) is 10.1. The van der Waals surface area contributed by atoms with Gasteiger partial charge in [-0.1, -0.05) is 42.0 Å². The third-order valence-electron chi connectivity index (χ3n) is 5.07. The Morgan fingerprint density at radius 3 is 2.58 bits per heavy atom. The molecular weight excluding hydrogens is 434 g/mol. The number of aryl methyl sites for hydroxylation is 1. The van der Waals surface area contributed by atoms with Gasteiger partial charge in [-0.2, -0.15) is 13.9 Å². The monoisotopic (exact) mass is 454 g/mol. The highest BCUT2D eigenvalue weighted by atomic mass is 19.3. The Kier molecular flexibility index (Phi) is 6.48. The number of furan rings is 1. The lowest BCUT2D eigenvalue weighted by Gasteiger charge is -2.19. The van der Waals surface area contributed by atoms with Crippen molar-refractivity contribution in [3.05, 3.63) is 89.4 Å². The van der Waals surface area contributed by atoms with Crippen LogP contribution >= 0.6 is 0 Å². The number of benzene rings is 2. The number of carbonyl (C=O) groups excluding carboxylic acids is 2. The number of hydrazone groups is 1. The number of alkyl halides is 2. The molecule has 3 aromatic rings. The van der Waals surface area contributed by atoms with Crippen LogP contribution in [0.1, 0.15) is 39.7 Å². The van der Waals surface area contributed by atoms with E-state index in [-0.39, 0.29) is 11.3 Å². The molecule has 0 saturated heterocycles. The van der Waals surface area contributed by atoms with Gasteiger partial charge in [-0.05, 0) is 36.8 Å². The highest BCUT2D eigenvalue weighted by molar-refractivity contribution is 6.03. The fourth-order valence-electron chi connectivity index (χ4n) is 3.47. The molecule has 33 heavy (non-hydrogen) atoms. The average Bonchev–Trinajstić information content (AvgIpc) is 3.48. The van der Waals surface area contributed by atoms with Gasteiger partial charge in [0.2, 0.25) is 0 Å². The van der Waals surface area contributed by atoms with E-state index in [1.165, 1.54) is 35.5 Å². The van der Waals surface area contributed by atoms with Crippen molar-refractivity contribution in [2.24, 2.45) is 5.10 Å². The van der Waals surface area contributed by atoms with Crippen LogP contribution < -0.4 is 4.74 Å². The third kappa shape index (κ3) is 5.08. The highest BCUT2D eigenvalue weighted by Crippen LogP contribution is 2.33. The lowest BCUT2D eigenvalue weighted by atomic mass is 10.0. The summed E-state index contributed by atoms with van der Waals surface area (Å²) in [6, 6.07) is 16.1. The van der Waals surface area contributed by atoms with E-state index >= 15 is 0 Å². The Morgan fingerprint density at radius 2 is 1.88 bits per heavy atom. The maximum atomic E-state index is 12.9. The quantitative estimate of drug-likeness (QED) is 0.483. The standard InChI is InChI=1S/C24H20F2N2O5/c1-15-8-10-16(11-9-15)18-13-19(21-7-4-12-31-21)28(27-18)22(29)14-32-23(30)17-5-2-3-6-20(17)33-24(25)26/h2-12,19,24H,13-14H2,1H3/t19-/m1/s1. The second kappa shape index (κ2) is 9.64. The topological polar surface area (TPSA) is 81.3 Å². The van der Waals surface area contributed by atoms with Gasteiger partial charge in [0.25, 0.3) is 5.91 Å². The maximum Gasteiger partial charge on any atom is 0.387 e. The van der Waals surface area contributed by atoms with Crippen LogP contribution in [0.25, 0.3) is 0 Å². The Bertz CT molecular complexity index is 1160. The number of nitrogens with zero attached hydrogens (tertiary/aromatic N) is 2. The number of halogens is 2. The average molecular weight is 454 g/mol. The van der Waals surface area contributed by atoms with Crippen LogP contribution in [0.4, 0.5) is 8.78 Å². The minimum absolute atomic E-state index is 0.210. The molecule has 1 aromatic heterocycles. The van der Waals surface area contributed by atoms with Crippen LogP contribution in [0.3, 0.4) is 0 Å². The van der Waals surface area contributed by atoms with Crippen LogP contribution in [-0.2, 0) is 9.53 Å². The van der Waals surface area contributed by atoms with E-state index in [1.807, 2.05) is 31.2 Å². The van der Waals surface area contributed by atoms with Gasteiger partial charge in [-0.15, -0.1) is 0 Å². The van der Waals surface area contributed by atoms with Crippen molar-refractivity contribution in [3.63, 3.8) is 0 Å². The van der Waals surface area contributed by atoms with Gasteiger partial charge in [-0.25, -0.2) is 9.80 Å². The molecule has 1 aliphatic heterocycles. The summed E-state index contributed by atoms with van der Waals surface area (Å²) in [6.45, 7) is -1.77. The van der Waals surface area contributed by atoms with Crippen LogP contribution in [0.2, 0.25) is 0 Å². The second-order valence-electron chi connectivity index (χ2n) is 7.34. The van der Waals surface area contributed by atoms with Crippen LogP contribution in [0, 0.1) is 6.92 Å². The van der Waals surface area contributed by atoms with Crippen molar-refractivity contribution >= 4 is 17.6 Å². The molecule has 2 aromatic carbocycles. The molecule has 1 amide bonds. The van der Waals surface area contributed by atoms with Gasteiger partial charge in [-0.3, -0.25) is 4.79 Å². The maximum absolute atomic E-state index is 12.9. The summed E-state index contributed by atoms with van der Waals surface area (Å²) >= 11 is 0. The zero-order chi connectivity index (χ0) is 23.4. The third-order valence-corrected chi connectivity index (χ3v) is 5.07. The minimum atomic E-state index is -3.10. The number of ether oxygens (including phenoxy) is 2. The first-order chi connectivity index (χ1) is 15.9. The van der Waals surface area contributed by atoms with E-state index in [0.29, 0.717) is 17.9 Å². The molecule has 7 nitrogen and oxygen atoms in total. The zero-order valence-electron chi connectivity index (χ0n) is 17.6. The van der Waals surface area contributed by atoms with Gasteiger partial charge >= 0.3 is 12.6 Å². The van der Waals surface area contributed by atoms with Crippen LogP contribution in [-0.4, -0.2) is 35.8 Å². The molecule has 0 saturated carbocycles. The number of hydrogen-bond acceptors (Lipinski definition) is 6. The minimum Gasteiger partial charge on any atom is -0.467 e. The molecule has 0 fully saturated rings. The van der Waals surface area contributed by atoms with Gasteiger partial charge in [0.15, 0.2) is 6.61 Å². The van der Waals surface area contributed by atoms with E-state index in [0.717, 1.165) is 11.1 Å². The van der Waals surface area contributed by atoms with E-state index in [1.54, 1.807) is 12.1 Å². The van der Waals surface area contributed by atoms with Gasteiger partial charge in [0, 0.05) is 6.42 Å². The van der Waals surface area contributed by atoms with Crippen molar-refractivity contribution in [1.29, 1.82) is 0 Å². The van der Waals surface area contributed by atoms with Crippen LogP contribution in [0.15, 0.2) is 76.4 Å². The summed E-state index contributed by atoms with van der Waals surface area (Å²) in [4.78, 5) is 25.4. The number of rotatable bonds is 7. The van der Waals surface area contributed by atoms with Crippen LogP contribution in [0.5, 0.6) is 5.75 Å². The normalized spacial score (nSPS) is 15.5. The van der Waals surface area contributed by atoms with Crippen molar-refractivity contribution in [3.8, 4) is 5.75 Å². The van der Waals surface area contributed by atoms with E-state index in [9.17, 15) is 18.4 Å². The lowest BCUT2D eigenvalue weighted by Crippen LogP contribution is -2.31. The molecule has 1 aliphatic rings. The fraction of sp³-hybridized carbons (Fsp3) is 0.208. The van der Waals surface area contributed by atoms with Crippen molar-refractivity contribution in [2.45, 2.75) is 26.0 Å². The molecule has 0 N–H and O–H groups in total. The molecule has 1 atom stereocenters. The van der Waals surface area contributed by atoms with Gasteiger partial charge < -0.3 is 13.9 Å². The van der Waals surface area contributed by atoms with E-state index in [2.05, 4.69) is 9.84 Å². The van der Waals surface area contributed by atoms with E-state index < -0.39 is 31.1 Å². The smallest absolute Gasteiger partial charge is 0.387 e. The van der Waals surface area contributed by atoms with Gasteiger partial charge in [0.05, 0.1) is 12.0 Å². The molecule has 2 heterocycles. The fourth-order valence-corrected chi connectivity index (χ4v) is 3.47. The molecule has 0 aliphatic carbocycles. The number of hydrogen-bond donors (Lipinski definition) is 0. The summed E-state index contributed by atoms with van der Waals surface area (Å²) in [5.41, 5.74) is 2.43. The van der Waals surface area contributed by atoms with Gasteiger partial charge in [0.1, 0.15) is 23.1 Å². The molecule has 4 rings (SSSR count). The molecule has 0 unspecified atom stereocenters. The second-order valence-corrected chi connectivity index (χ2v) is 7.34. The Balaban J connectivity index is 1.50. The number of para-hydroxylation sites is 1. The lowest BCUT2D eigenvalue weighted by molar-refractivity contribution is -0.136. The summed E-state index contributed by atoms with van der Waals surface area (Å²) in [5, 5.41) is 5.68. The zero-order valence-corrected chi connectivity index (χ0v) is 17.6. The molecule has 0 radical (unpaired) electrons. The summed E-state index contributed by atoms with van der Waals surface area (Å²) in [6.07, 6.45) is 1.92. The molecule has 0 spiro atoms. The molecular formula is C24H20F2N2O5. The summed E-state index contributed by atoms with van der Waals surface area (Å²) < 4.78 is 40.1. The van der Waals surface area contributed by atoms with Crippen molar-refractivity contribution in [1.82, 2.24) is 5.01 Å². The first-order valence-corrected chi connectivity index (χ1v) is 10.1. The largest absolute Gasteiger partial charge is 0.467 e. The van der Waals surface area contributed by atoms with Crippen molar-refractivity contribution in [2.75, 3.05) is 6.61 Å². The highest BCUT2D eigenvalue weighted by Gasteiger charge is 2.35. The SMILES string of the molecule is Cc1ccc(C2=NN(C(=O)COC(=O)c3ccccc3OC(F)F)[C@@H](c3ccco3)C2)cc1. The summed E-state index contributed by atoms with van der Waals surface area (Å²) in [7, 11) is 0. The Hall–Kier alpha value is -4.01. The number of esters is 1. The molecule has 170 valence electrons. The predicted molar refractivity (Wildman–Crippen MR) is 114 cm³/mol.